The molecule has 0 aromatic heterocycles. The molecular formula is C16H23NO5. The average Bonchev–Trinajstić information content (AvgIpc) is 2.48. The standard InChI is InChI=1S/C16H23NO5/c1-11(2)15(22-12(3)18)14(19)9-17-16(20)21-10-13-7-5-4-6-8-13/h4-8,11,14-15,19H,9-10H2,1-3H3,(H,17,20)/t14-,15-/m1/s1. The summed E-state index contributed by atoms with van der Waals surface area (Å²) in [5, 5.41) is 12.5. The Morgan fingerprint density at radius 3 is 2.41 bits per heavy atom. The van der Waals surface area contributed by atoms with E-state index in [0.717, 1.165) is 5.56 Å². The minimum Gasteiger partial charge on any atom is -0.459 e. The predicted molar refractivity (Wildman–Crippen MR) is 81.0 cm³/mol. The van der Waals surface area contributed by atoms with Crippen molar-refractivity contribution >= 4 is 12.1 Å². The largest absolute Gasteiger partial charge is 0.459 e. The first-order valence-electron chi connectivity index (χ1n) is 7.20. The minimum absolute atomic E-state index is 0.0518. The third kappa shape index (κ3) is 6.58. The molecule has 2 N–H and O–H groups in total. The van der Waals surface area contributed by atoms with Crippen LogP contribution in [0.3, 0.4) is 0 Å². The summed E-state index contributed by atoms with van der Waals surface area (Å²) in [5.41, 5.74) is 0.873. The van der Waals surface area contributed by atoms with Crippen LogP contribution < -0.4 is 5.32 Å². The van der Waals surface area contributed by atoms with E-state index in [-0.39, 0.29) is 19.1 Å². The number of aliphatic hydroxyl groups excluding tert-OH is 1. The van der Waals surface area contributed by atoms with Gasteiger partial charge in [-0.25, -0.2) is 4.79 Å². The number of rotatable bonds is 7. The molecule has 6 heteroatoms. The van der Waals surface area contributed by atoms with Crippen LogP contribution in [-0.2, 0) is 20.9 Å². The summed E-state index contributed by atoms with van der Waals surface area (Å²) in [6.45, 7) is 5.03. The molecule has 0 aliphatic heterocycles. The van der Waals surface area contributed by atoms with E-state index in [1.807, 2.05) is 44.2 Å². The number of benzene rings is 1. The second-order valence-corrected chi connectivity index (χ2v) is 5.33. The fraction of sp³-hybridized carbons (Fsp3) is 0.500. The van der Waals surface area contributed by atoms with Crippen molar-refractivity contribution in [3.8, 4) is 0 Å². The van der Waals surface area contributed by atoms with Gasteiger partial charge in [-0.1, -0.05) is 44.2 Å². The van der Waals surface area contributed by atoms with Crippen LogP contribution in [0.1, 0.15) is 26.3 Å². The molecule has 0 fully saturated rings. The predicted octanol–water partition coefficient (Wildman–Crippen LogP) is 1.86. The maximum Gasteiger partial charge on any atom is 0.407 e. The number of hydrogen-bond acceptors (Lipinski definition) is 5. The maximum absolute atomic E-state index is 11.6. The van der Waals surface area contributed by atoms with Crippen molar-refractivity contribution in [2.24, 2.45) is 5.92 Å². The van der Waals surface area contributed by atoms with Crippen LogP contribution in [0.2, 0.25) is 0 Å². The topological polar surface area (TPSA) is 84.9 Å². The molecule has 0 spiro atoms. The van der Waals surface area contributed by atoms with Crippen molar-refractivity contribution in [1.29, 1.82) is 0 Å². The summed E-state index contributed by atoms with van der Waals surface area (Å²) in [7, 11) is 0. The molecule has 0 aliphatic rings. The molecule has 0 heterocycles. The third-order valence-electron chi connectivity index (χ3n) is 3.01. The van der Waals surface area contributed by atoms with Crippen molar-refractivity contribution in [2.75, 3.05) is 6.54 Å². The number of hydrogen-bond donors (Lipinski definition) is 2. The van der Waals surface area contributed by atoms with E-state index in [0.29, 0.717) is 0 Å². The Morgan fingerprint density at radius 2 is 1.86 bits per heavy atom. The molecule has 0 bridgehead atoms. The first-order chi connectivity index (χ1) is 10.4. The first-order valence-corrected chi connectivity index (χ1v) is 7.20. The Morgan fingerprint density at radius 1 is 1.23 bits per heavy atom. The second-order valence-electron chi connectivity index (χ2n) is 5.33. The van der Waals surface area contributed by atoms with E-state index < -0.39 is 24.3 Å². The van der Waals surface area contributed by atoms with Gasteiger partial charge in [0.2, 0.25) is 0 Å². The average molecular weight is 309 g/mol. The monoisotopic (exact) mass is 309 g/mol. The number of aliphatic hydroxyl groups is 1. The Balaban J connectivity index is 2.36. The molecule has 1 aromatic carbocycles. The molecule has 22 heavy (non-hydrogen) atoms. The molecule has 0 saturated heterocycles. The van der Waals surface area contributed by atoms with E-state index in [1.165, 1.54) is 6.92 Å². The fourth-order valence-corrected chi connectivity index (χ4v) is 1.93. The van der Waals surface area contributed by atoms with Gasteiger partial charge in [0.25, 0.3) is 0 Å². The highest BCUT2D eigenvalue weighted by Crippen LogP contribution is 2.11. The van der Waals surface area contributed by atoms with E-state index in [2.05, 4.69) is 5.32 Å². The van der Waals surface area contributed by atoms with Gasteiger partial charge >= 0.3 is 12.1 Å². The Kier molecular flexibility index (Phi) is 7.39. The van der Waals surface area contributed by atoms with Crippen LogP contribution in [0, 0.1) is 5.92 Å². The number of ether oxygens (including phenoxy) is 2. The normalized spacial score (nSPS) is 13.3. The highest BCUT2D eigenvalue weighted by atomic mass is 16.6. The number of esters is 1. The number of alkyl carbamates (subject to hydrolysis) is 1. The highest BCUT2D eigenvalue weighted by molar-refractivity contribution is 5.67. The van der Waals surface area contributed by atoms with Crippen LogP contribution in [-0.4, -0.2) is 35.9 Å². The SMILES string of the molecule is CC(=O)O[C@H](C(C)C)[C@H](O)CNC(=O)OCc1ccccc1. The molecule has 1 aromatic rings. The fourth-order valence-electron chi connectivity index (χ4n) is 1.93. The van der Waals surface area contributed by atoms with Crippen molar-refractivity contribution in [1.82, 2.24) is 5.32 Å². The van der Waals surface area contributed by atoms with Crippen molar-refractivity contribution in [3.63, 3.8) is 0 Å². The van der Waals surface area contributed by atoms with Gasteiger partial charge in [0.05, 0.1) is 6.54 Å². The van der Waals surface area contributed by atoms with Gasteiger partial charge in [-0.2, -0.15) is 0 Å². The number of carbonyl (C=O) groups is 2. The summed E-state index contributed by atoms with van der Waals surface area (Å²) in [6.07, 6.45) is -2.30. The summed E-state index contributed by atoms with van der Waals surface area (Å²) < 4.78 is 10.1. The zero-order valence-corrected chi connectivity index (χ0v) is 13.1. The van der Waals surface area contributed by atoms with E-state index in [9.17, 15) is 14.7 Å². The molecule has 0 unspecified atom stereocenters. The molecule has 0 aliphatic carbocycles. The lowest BCUT2D eigenvalue weighted by Crippen LogP contribution is -2.43. The van der Waals surface area contributed by atoms with E-state index in [1.54, 1.807) is 0 Å². The van der Waals surface area contributed by atoms with E-state index in [4.69, 9.17) is 9.47 Å². The summed E-state index contributed by atoms with van der Waals surface area (Å²) in [6, 6.07) is 9.27. The van der Waals surface area contributed by atoms with Gasteiger partial charge in [-0.15, -0.1) is 0 Å². The molecule has 2 atom stereocenters. The first kappa shape index (κ1) is 18.0. The Bertz CT molecular complexity index is 475. The van der Waals surface area contributed by atoms with Gasteiger partial charge < -0.3 is 19.9 Å². The molecule has 0 saturated carbocycles. The molecule has 6 nitrogen and oxygen atoms in total. The van der Waals surface area contributed by atoms with Crippen LogP contribution in [0.4, 0.5) is 4.79 Å². The van der Waals surface area contributed by atoms with Crippen LogP contribution in [0.5, 0.6) is 0 Å². The van der Waals surface area contributed by atoms with Crippen LogP contribution in [0.25, 0.3) is 0 Å². The lowest BCUT2D eigenvalue weighted by Gasteiger charge is -2.25. The summed E-state index contributed by atoms with van der Waals surface area (Å²) in [5.74, 6) is -0.537. The number of amides is 1. The summed E-state index contributed by atoms with van der Waals surface area (Å²) >= 11 is 0. The van der Waals surface area contributed by atoms with Gasteiger partial charge in [-0.05, 0) is 11.5 Å². The Labute approximate surface area is 130 Å². The molecule has 122 valence electrons. The second kappa shape index (κ2) is 9.04. The highest BCUT2D eigenvalue weighted by Gasteiger charge is 2.26. The van der Waals surface area contributed by atoms with E-state index >= 15 is 0 Å². The Hall–Kier alpha value is -2.08. The number of nitrogens with one attached hydrogen (secondary N) is 1. The molecule has 1 rings (SSSR count). The molecule has 1 amide bonds. The lowest BCUT2D eigenvalue weighted by atomic mass is 10.0. The summed E-state index contributed by atoms with van der Waals surface area (Å²) in [4.78, 5) is 22.6. The third-order valence-corrected chi connectivity index (χ3v) is 3.01. The van der Waals surface area contributed by atoms with Gasteiger partial charge in [0, 0.05) is 6.92 Å². The molecular weight excluding hydrogens is 286 g/mol. The number of carbonyl (C=O) groups excluding carboxylic acids is 2. The van der Waals surface area contributed by atoms with Gasteiger partial charge in [0.15, 0.2) is 0 Å². The zero-order valence-electron chi connectivity index (χ0n) is 13.1. The lowest BCUT2D eigenvalue weighted by molar-refractivity contribution is -0.155. The van der Waals surface area contributed by atoms with Crippen molar-refractivity contribution in [3.05, 3.63) is 35.9 Å². The minimum atomic E-state index is -0.992. The van der Waals surface area contributed by atoms with Crippen molar-refractivity contribution < 1.29 is 24.2 Å². The smallest absolute Gasteiger partial charge is 0.407 e. The van der Waals surface area contributed by atoms with Gasteiger partial charge in [-0.3, -0.25) is 4.79 Å². The van der Waals surface area contributed by atoms with Crippen LogP contribution in [0.15, 0.2) is 30.3 Å². The van der Waals surface area contributed by atoms with Crippen molar-refractivity contribution in [2.45, 2.75) is 39.6 Å². The van der Waals surface area contributed by atoms with Gasteiger partial charge in [0.1, 0.15) is 18.8 Å². The van der Waals surface area contributed by atoms with Crippen LogP contribution >= 0.6 is 0 Å². The quantitative estimate of drug-likeness (QED) is 0.751. The maximum atomic E-state index is 11.6. The zero-order chi connectivity index (χ0) is 16.5. The molecule has 0 radical (unpaired) electrons.